The van der Waals surface area contributed by atoms with Gasteiger partial charge in [0.2, 0.25) is 0 Å². The maximum atomic E-state index is 12.6. The summed E-state index contributed by atoms with van der Waals surface area (Å²) in [5.74, 6) is 1.32. The zero-order valence-electron chi connectivity index (χ0n) is 11.2. The van der Waals surface area contributed by atoms with E-state index in [1.807, 2.05) is 16.0 Å². The predicted octanol–water partition coefficient (Wildman–Crippen LogP) is 4.12. The predicted molar refractivity (Wildman–Crippen MR) is 82.5 cm³/mol. The summed E-state index contributed by atoms with van der Waals surface area (Å²) in [7, 11) is 0. The van der Waals surface area contributed by atoms with E-state index < -0.39 is 0 Å². The van der Waals surface area contributed by atoms with E-state index in [-0.39, 0.29) is 11.6 Å². The summed E-state index contributed by atoms with van der Waals surface area (Å²) >= 11 is 6.89. The maximum Gasteiger partial charge on any atom is 0.272 e. The van der Waals surface area contributed by atoms with Gasteiger partial charge in [-0.3, -0.25) is 9.36 Å². The Hall–Kier alpha value is -0.940. The maximum absolute atomic E-state index is 12.6. The molecule has 0 radical (unpaired) electrons. The Bertz CT molecular complexity index is 702. The van der Waals surface area contributed by atoms with Gasteiger partial charge in [-0.1, -0.05) is 13.8 Å². The van der Waals surface area contributed by atoms with Crippen LogP contribution >= 0.6 is 23.6 Å². The molecule has 0 aliphatic heterocycles. The molecular formula is C14H18N2OS2. The molecule has 102 valence electrons. The molecule has 0 saturated heterocycles. The van der Waals surface area contributed by atoms with Crippen LogP contribution in [0.3, 0.4) is 0 Å². The van der Waals surface area contributed by atoms with Crippen molar-refractivity contribution in [2.45, 2.75) is 39.2 Å². The van der Waals surface area contributed by atoms with E-state index in [1.165, 1.54) is 17.8 Å². The molecule has 2 atom stereocenters. The third-order valence-corrected chi connectivity index (χ3v) is 5.26. The van der Waals surface area contributed by atoms with Crippen LogP contribution in [0.2, 0.25) is 0 Å². The number of thiophene rings is 1. The molecule has 0 aromatic carbocycles. The van der Waals surface area contributed by atoms with Gasteiger partial charge < -0.3 is 4.98 Å². The molecule has 2 aromatic heterocycles. The van der Waals surface area contributed by atoms with Crippen LogP contribution in [0.15, 0.2) is 16.2 Å². The van der Waals surface area contributed by atoms with Crippen molar-refractivity contribution in [2.24, 2.45) is 11.8 Å². The highest BCUT2D eigenvalue weighted by Gasteiger charge is 2.27. The second-order valence-electron chi connectivity index (χ2n) is 5.84. The first-order chi connectivity index (χ1) is 9.06. The summed E-state index contributed by atoms with van der Waals surface area (Å²) in [5, 5.41) is 1.94. The Labute approximate surface area is 121 Å². The first-order valence-corrected chi connectivity index (χ1v) is 8.07. The fourth-order valence-electron chi connectivity index (χ4n) is 3.40. The van der Waals surface area contributed by atoms with Gasteiger partial charge in [-0.25, -0.2) is 0 Å². The Morgan fingerprint density at radius 3 is 2.68 bits per heavy atom. The molecule has 3 rings (SSSR count). The van der Waals surface area contributed by atoms with Crippen LogP contribution in [0.25, 0.3) is 10.2 Å². The van der Waals surface area contributed by atoms with Crippen molar-refractivity contribution in [3.05, 3.63) is 26.6 Å². The van der Waals surface area contributed by atoms with Crippen LogP contribution in [-0.2, 0) is 0 Å². The van der Waals surface area contributed by atoms with Crippen molar-refractivity contribution < 1.29 is 0 Å². The molecule has 3 nitrogen and oxygen atoms in total. The Morgan fingerprint density at radius 2 is 2.00 bits per heavy atom. The number of hydrogen-bond acceptors (Lipinski definition) is 3. The summed E-state index contributed by atoms with van der Waals surface area (Å²) in [6.07, 6.45) is 3.36. The molecule has 0 spiro atoms. The molecule has 1 fully saturated rings. The molecule has 0 amide bonds. The second kappa shape index (κ2) is 4.87. The lowest BCUT2D eigenvalue weighted by atomic mass is 9.80. The number of aromatic amines is 1. The largest absolute Gasteiger partial charge is 0.331 e. The number of aromatic nitrogens is 2. The van der Waals surface area contributed by atoms with Crippen LogP contribution in [0.5, 0.6) is 0 Å². The minimum absolute atomic E-state index is 0.0834. The SMILES string of the molecule is CC1CC(C)CC(n2c(=S)[nH]c3ccsc3c2=O)C1. The van der Waals surface area contributed by atoms with Gasteiger partial charge in [-0.2, -0.15) is 0 Å². The van der Waals surface area contributed by atoms with E-state index in [4.69, 9.17) is 12.2 Å². The Balaban J connectivity index is 2.14. The minimum Gasteiger partial charge on any atom is -0.331 e. The van der Waals surface area contributed by atoms with Crippen LogP contribution in [0.4, 0.5) is 0 Å². The van der Waals surface area contributed by atoms with Gasteiger partial charge in [0.15, 0.2) is 4.77 Å². The molecule has 0 bridgehead atoms. The van der Waals surface area contributed by atoms with E-state index >= 15 is 0 Å². The highest BCUT2D eigenvalue weighted by atomic mass is 32.1. The lowest BCUT2D eigenvalue weighted by Gasteiger charge is -2.32. The summed E-state index contributed by atoms with van der Waals surface area (Å²) in [6.45, 7) is 4.54. The summed E-state index contributed by atoms with van der Waals surface area (Å²) in [5.41, 5.74) is 0.952. The van der Waals surface area contributed by atoms with Gasteiger partial charge >= 0.3 is 0 Å². The molecule has 2 heterocycles. The zero-order valence-corrected chi connectivity index (χ0v) is 12.8. The van der Waals surface area contributed by atoms with Crippen molar-refractivity contribution in [3.8, 4) is 0 Å². The number of nitrogens with zero attached hydrogens (tertiary/aromatic N) is 1. The molecular weight excluding hydrogens is 276 g/mol. The molecule has 1 saturated carbocycles. The van der Waals surface area contributed by atoms with E-state index in [9.17, 15) is 4.79 Å². The standard InChI is InChI=1S/C14H18N2OS2/c1-8-5-9(2)7-10(6-8)16-13(17)12-11(3-4-19-12)15-14(16)18/h3-4,8-10H,5-7H2,1-2H3,(H,15,18). The highest BCUT2D eigenvalue weighted by Crippen LogP contribution is 2.35. The van der Waals surface area contributed by atoms with E-state index in [0.29, 0.717) is 16.6 Å². The van der Waals surface area contributed by atoms with Gasteiger partial charge in [0.25, 0.3) is 5.56 Å². The number of H-pyrrole nitrogens is 1. The highest BCUT2D eigenvalue weighted by molar-refractivity contribution is 7.71. The fourth-order valence-corrected chi connectivity index (χ4v) is 4.52. The van der Waals surface area contributed by atoms with Gasteiger partial charge in [-0.05, 0) is 54.8 Å². The van der Waals surface area contributed by atoms with Gasteiger partial charge in [0.1, 0.15) is 4.70 Å². The van der Waals surface area contributed by atoms with Gasteiger partial charge in [-0.15, -0.1) is 11.3 Å². The summed E-state index contributed by atoms with van der Waals surface area (Å²) in [4.78, 5) is 15.8. The minimum atomic E-state index is 0.0834. The van der Waals surface area contributed by atoms with E-state index in [0.717, 1.165) is 23.1 Å². The van der Waals surface area contributed by atoms with Crippen LogP contribution < -0.4 is 5.56 Å². The molecule has 19 heavy (non-hydrogen) atoms. The molecule has 1 aliphatic rings. The number of fused-ring (bicyclic) bond motifs is 1. The van der Waals surface area contributed by atoms with Crippen LogP contribution in [-0.4, -0.2) is 9.55 Å². The van der Waals surface area contributed by atoms with Crippen LogP contribution in [0, 0.1) is 16.6 Å². The Morgan fingerprint density at radius 1 is 1.32 bits per heavy atom. The van der Waals surface area contributed by atoms with Crippen molar-refractivity contribution in [3.63, 3.8) is 0 Å². The average molecular weight is 294 g/mol. The smallest absolute Gasteiger partial charge is 0.272 e. The van der Waals surface area contributed by atoms with Gasteiger partial charge in [0, 0.05) is 6.04 Å². The Kier molecular flexibility index (Phi) is 3.35. The van der Waals surface area contributed by atoms with E-state index in [1.54, 1.807) is 0 Å². The van der Waals surface area contributed by atoms with Gasteiger partial charge in [0.05, 0.1) is 5.52 Å². The third kappa shape index (κ3) is 2.30. The molecule has 2 aromatic rings. The quantitative estimate of drug-likeness (QED) is 0.803. The number of rotatable bonds is 1. The first kappa shape index (κ1) is 13.1. The van der Waals surface area contributed by atoms with Crippen molar-refractivity contribution in [1.82, 2.24) is 9.55 Å². The topological polar surface area (TPSA) is 37.8 Å². The van der Waals surface area contributed by atoms with Crippen LogP contribution in [0.1, 0.15) is 39.2 Å². The van der Waals surface area contributed by atoms with E-state index in [2.05, 4.69) is 18.8 Å². The first-order valence-electron chi connectivity index (χ1n) is 6.78. The van der Waals surface area contributed by atoms with Crippen molar-refractivity contribution >= 4 is 33.8 Å². The number of nitrogens with one attached hydrogen (secondary N) is 1. The lowest BCUT2D eigenvalue weighted by Crippen LogP contribution is -2.31. The molecule has 2 unspecified atom stereocenters. The summed E-state index contributed by atoms with van der Waals surface area (Å²) < 4.78 is 3.18. The monoisotopic (exact) mass is 294 g/mol. The second-order valence-corrected chi connectivity index (χ2v) is 7.14. The third-order valence-electron chi connectivity index (χ3n) is 4.06. The van der Waals surface area contributed by atoms with Crippen molar-refractivity contribution in [1.29, 1.82) is 0 Å². The molecule has 1 N–H and O–H groups in total. The fraction of sp³-hybridized carbons (Fsp3) is 0.571. The molecule has 5 heteroatoms. The lowest BCUT2D eigenvalue weighted by molar-refractivity contribution is 0.216. The van der Waals surface area contributed by atoms with Crippen molar-refractivity contribution in [2.75, 3.05) is 0 Å². The zero-order chi connectivity index (χ0) is 13.6. The molecule has 1 aliphatic carbocycles. The summed E-state index contributed by atoms with van der Waals surface area (Å²) in [6, 6.07) is 2.18. The average Bonchev–Trinajstić information content (AvgIpc) is 2.75. The normalized spacial score (nSPS) is 27.8. The number of hydrogen-bond donors (Lipinski definition) is 1.